The minimum absolute atomic E-state index is 0.626. The van der Waals surface area contributed by atoms with Crippen LogP contribution in [0.2, 0.25) is 0 Å². The number of aromatic nitrogens is 1. The molecule has 1 heterocycles. The first-order valence-corrected chi connectivity index (χ1v) is 6.25. The summed E-state index contributed by atoms with van der Waals surface area (Å²) in [7, 11) is 0. The quantitative estimate of drug-likeness (QED) is 0.906. The molecule has 4 heteroatoms. The Labute approximate surface area is 109 Å². The average molecular weight is 292 g/mol. The van der Waals surface area contributed by atoms with E-state index >= 15 is 0 Å². The maximum atomic E-state index is 5.88. The van der Waals surface area contributed by atoms with Crippen LogP contribution in [0.3, 0.4) is 0 Å². The highest BCUT2D eigenvalue weighted by atomic mass is 79.9. The Morgan fingerprint density at radius 1 is 1.35 bits per heavy atom. The molecule has 0 saturated carbocycles. The second kappa shape index (κ2) is 5.19. The van der Waals surface area contributed by atoms with E-state index in [-0.39, 0.29) is 0 Å². The molecule has 0 fully saturated rings. The molecule has 1 aromatic heterocycles. The minimum atomic E-state index is 0.626. The first kappa shape index (κ1) is 11.9. The molecule has 0 aliphatic heterocycles. The summed E-state index contributed by atoms with van der Waals surface area (Å²) in [6, 6.07) is 8.28. The van der Waals surface area contributed by atoms with Gasteiger partial charge in [-0.05, 0) is 40.0 Å². The van der Waals surface area contributed by atoms with E-state index in [1.54, 1.807) is 12.4 Å². The number of rotatable bonds is 3. The van der Waals surface area contributed by atoms with Crippen LogP contribution >= 0.6 is 15.9 Å². The van der Waals surface area contributed by atoms with E-state index in [0.29, 0.717) is 5.69 Å². The summed E-state index contributed by atoms with van der Waals surface area (Å²) in [6.07, 6.45) is 4.38. The van der Waals surface area contributed by atoms with Gasteiger partial charge < -0.3 is 11.1 Å². The predicted molar refractivity (Wildman–Crippen MR) is 75.5 cm³/mol. The number of hydrogen-bond donors (Lipinski definition) is 2. The Morgan fingerprint density at radius 2 is 2.18 bits per heavy atom. The Bertz CT molecular complexity index is 506. The van der Waals surface area contributed by atoms with Crippen molar-refractivity contribution in [2.45, 2.75) is 13.3 Å². The number of nitrogen functional groups attached to an aromatic ring is 1. The minimum Gasteiger partial charge on any atom is -0.396 e. The molecular formula is C13H14BrN3. The summed E-state index contributed by atoms with van der Waals surface area (Å²) in [5.41, 5.74) is 9.69. The number of nitrogens with one attached hydrogen (secondary N) is 1. The first-order valence-electron chi connectivity index (χ1n) is 5.45. The topological polar surface area (TPSA) is 50.9 Å². The zero-order valence-electron chi connectivity index (χ0n) is 9.57. The zero-order valence-corrected chi connectivity index (χ0v) is 11.2. The molecule has 0 unspecified atom stereocenters. The zero-order chi connectivity index (χ0) is 12.3. The molecule has 0 bridgehead atoms. The third kappa shape index (κ3) is 2.77. The van der Waals surface area contributed by atoms with Gasteiger partial charge in [0.15, 0.2) is 0 Å². The number of halogens is 1. The van der Waals surface area contributed by atoms with Gasteiger partial charge in [0, 0.05) is 11.9 Å². The molecule has 0 aliphatic carbocycles. The van der Waals surface area contributed by atoms with Gasteiger partial charge in [0.2, 0.25) is 0 Å². The van der Waals surface area contributed by atoms with Gasteiger partial charge in [0.1, 0.15) is 0 Å². The fraction of sp³-hybridized carbons (Fsp3) is 0.154. The third-order valence-corrected chi connectivity index (χ3v) is 3.13. The van der Waals surface area contributed by atoms with E-state index in [1.165, 1.54) is 5.56 Å². The molecule has 1 aromatic carbocycles. The number of benzene rings is 1. The van der Waals surface area contributed by atoms with Crippen molar-refractivity contribution in [1.82, 2.24) is 4.98 Å². The SMILES string of the molecule is CCc1cccc(Nc2c(N)cncc2Br)c1. The van der Waals surface area contributed by atoms with Crippen molar-refractivity contribution < 1.29 is 0 Å². The van der Waals surface area contributed by atoms with Crippen LogP contribution in [0.15, 0.2) is 41.1 Å². The van der Waals surface area contributed by atoms with Gasteiger partial charge in [-0.2, -0.15) is 0 Å². The molecule has 2 aromatic rings. The lowest BCUT2D eigenvalue weighted by atomic mass is 10.1. The highest BCUT2D eigenvalue weighted by molar-refractivity contribution is 9.10. The van der Waals surface area contributed by atoms with E-state index < -0.39 is 0 Å². The maximum absolute atomic E-state index is 5.88. The van der Waals surface area contributed by atoms with Crippen molar-refractivity contribution in [1.29, 1.82) is 0 Å². The lowest BCUT2D eigenvalue weighted by Gasteiger charge is -2.11. The van der Waals surface area contributed by atoms with Crippen molar-refractivity contribution in [2.75, 3.05) is 11.1 Å². The van der Waals surface area contributed by atoms with Gasteiger partial charge in [-0.1, -0.05) is 19.1 Å². The normalized spacial score (nSPS) is 10.2. The van der Waals surface area contributed by atoms with Gasteiger partial charge in [-0.3, -0.25) is 4.98 Å². The summed E-state index contributed by atoms with van der Waals surface area (Å²) >= 11 is 3.44. The molecule has 3 N–H and O–H groups in total. The van der Waals surface area contributed by atoms with Crippen molar-refractivity contribution in [3.63, 3.8) is 0 Å². The van der Waals surface area contributed by atoms with Crippen LogP contribution in [0.4, 0.5) is 17.1 Å². The molecule has 0 saturated heterocycles. The molecule has 3 nitrogen and oxygen atoms in total. The number of pyridine rings is 1. The average Bonchev–Trinajstić information content (AvgIpc) is 2.34. The molecular weight excluding hydrogens is 278 g/mol. The van der Waals surface area contributed by atoms with Crippen molar-refractivity contribution >= 4 is 33.0 Å². The van der Waals surface area contributed by atoms with Gasteiger partial charge in [0.05, 0.1) is 22.0 Å². The summed E-state index contributed by atoms with van der Waals surface area (Å²) in [4.78, 5) is 4.01. The number of aryl methyl sites for hydroxylation is 1. The smallest absolute Gasteiger partial charge is 0.0794 e. The number of nitrogens with zero attached hydrogens (tertiary/aromatic N) is 1. The van der Waals surface area contributed by atoms with E-state index in [4.69, 9.17) is 5.73 Å². The lowest BCUT2D eigenvalue weighted by molar-refractivity contribution is 1.14. The summed E-state index contributed by atoms with van der Waals surface area (Å²) in [5.74, 6) is 0. The van der Waals surface area contributed by atoms with Crippen molar-refractivity contribution in [3.8, 4) is 0 Å². The summed E-state index contributed by atoms with van der Waals surface area (Å²) < 4.78 is 0.861. The monoisotopic (exact) mass is 291 g/mol. The third-order valence-electron chi connectivity index (χ3n) is 2.53. The number of nitrogens with two attached hydrogens (primary N) is 1. The van der Waals surface area contributed by atoms with E-state index in [2.05, 4.69) is 45.3 Å². The molecule has 17 heavy (non-hydrogen) atoms. The fourth-order valence-electron chi connectivity index (χ4n) is 1.60. The number of hydrogen-bond acceptors (Lipinski definition) is 3. The molecule has 0 spiro atoms. The molecule has 0 radical (unpaired) electrons. The summed E-state index contributed by atoms with van der Waals surface area (Å²) in [5, 5.41) is 3.30. The molecule has 0 amide bonds. The largest absolute Gasteiger partial charge is 0.396 e. The Morgan fingerprint density at radius 3 is 2.88 bits per heavy atom. The first-order chi connectivity index (χ1) is 8.20. The second-order valence-electron chi connectivity index (χ2n) is 3.76. The molecule has 0 aliphatic rings. The van der Waals surface area contributed by atoms with Gasteiger partial charge in [0.25, 0.3) is 0 Å². The molecule has 88 valence electrons. The highest BCUT2D eigenvalue weighted by Gasteiger charge is 2.05. The van der Waals surface area contributed by atoms with E-state index in [1.807, 2.05) is 12.1 Å². The maximum Gasteiger partial charge on any atom is 0.0794 e. The van der Waals surface area contributed by atoms with Crippen LogP contribution < -0.4 is 11.1 Å². The standard InChI is InChI=1S/C13H14BrN3/c1-2-9-4-3-5-10(6-9)17-13-11(14)7-16-8-12(13)15/h3-8H,2,15H2,1H3,(H,16,17). The second-order valence-corrected chi connectivity index (χ2v) is 4.62. The van der Waals surface area contributed by atoms with Crippen LogP contribution in [0.25, 0.3) is 0 Å². The Kier molecular flexibility index (Phi) is 3.64. The van der Waals surface area contributed by atoms with Crippen LogP contribution in [0, 0.1) is 0 Å². The van der Waals surface area contributed by atoms with Crippen molar-refractivity contribution in [3.05, 3.63) is 46.7 Å². The summed E-state index contributed by atoms with van der Waals surface area (Å²) in [6.45, 7) is 2.13. The van der Waals surface area contributed by atoms with Gasteiger partial charge in [-0.15, -0.1) is 0 Å². The number of anilines is 3. The van der Waals surface area contributed by atoms with Crippen LogP contribution in [0.5, 0.6) is 0 Å². The van der Waals surface area contributed by atoms with Crippen molar-refractivity contribution in [2.24, 2.45) is 0 Å². The van der Waals surface area contributed by atoms with Crippen LogP contribution in [-0.4, -0.2) is 4.98 Å². The lowest BCUT2D eigenvalue weighted by Crippen LogP contribution is -1.98. The van der Waals surface area contributed by atoms with E-state index in [9.17, 15) is 0 Å². The van der Waals surface area contributed by atoms with E-state index in [0.717, 1.165) is 22.3 Å². The fourth-order valence-corrected chi connectivity index (χ4v) is 2.04. The Balaban J connectivity index is 2.31. The highest BCUT2D eigenvalue weighted by Crippen LogP contribution is 2.30. The molecule has 2 rings (SSSR count). The van der Waals surface area contributed by atoms with Crippen LogP contribution in [0.1, 0.15) is 12.5 Å². The molecule has 0 atom stereocenters. The van der Waals surface area contributed by atoms with Crippen LogP contribution in [-0.2, 0) is 6.42 Å². The van der Waals surface area contributed by atoms with Gasteiger partial charge >= 0.3 is 0 Å². The van der Waals surface area contributed by atoms with Gasteiger partial charge in [-0.25, -0.2) is 0 Å². The predicted octanol–water partition coefficient (Wildman–Crippen LogP) is 3.73. The Hall–Kier alpha value is -1.55.